The molecule has 11 nitrogen and oxygen atoms in total. The number of nitrogens with one attached hydrogen (secondary N) is 2. The molecule has 1 aromatic carbocycles. The van der Waals surface area contributed by atoms with Crippen LogP contribution in [0.3, 0.4) is 0 Å². The van der Waals surface area contributed by atoms with Crippen molar-refractivity contribution in [1.82, 2.24) is 15.0 Å². The third-order valence-electron chi connectivity index (χ3n) is 3.85. The predicted octanol–water partition coefficient (Wildman–Crippen LogP) is -0.535. The van der Waals surface area contributed by atoms with Crippen molar-refractivity contribution in [2.45, 2.75) is 12.1 Å². The molecule has 0 radical (unpaired) electrons. The summed E-state index contributed by atoms with van der Waals surface area (Å²) in [5, 5.41) is 12.2. The Hall–Kier alpha value is -2.10. The van der Waals surface area contributed by atoms with E-state index in [4.69, 9.17) is 19.8 Å². The second-order valence-corrected chi connectivity index (χ2v) is 8.06. The van der Waals surface area contributed by atoms with Crippen LogP contribution < -0.4 is 44.1 Å². The van der Waals surface area contributed by atoms with Gasteiger partial charge in [0.05, 0.1) is 30.1 Å². The summed E-state index contributed by atoms with van der Waals surface area (Å²) < 4.78 is 20.6. The second-order valence-electron chi connectivity index (χ2n) is 5.93. The van der Waals surface area contributed by atoms with Gasteiger partial charge in [-0.15, -0.1) is 0 Å². The molecule has 3 rings (SSSR count). The molecule has 0 fully saturated rings. The number of benzene rings is 1. The smallest absolute Gasteiger partial charge is 1.00 e. The van der Waals surface area contributed by atoms with Crippen LogP contribution in [0.1, 0.15) is 12.7 Å². The molecule has 0 spiro atoms. The zero-order chi connectivity index (χ0) is 21.9. The molecule has 0 unspecified atom stereocenters. The Morgan fingerprint density at radius 2 is 2.16 bits per heavy atom. The van der Waals surface area contributed by atoms with E-state index >= 15 is 0 Å². The van der Waals surface area contributed by atoms with Crippen LogP contribution >= 0.6 is 19.6 Å². The maximum absolute atomic E-state index is 12.3. The molecule has 0 aliphatic carbocycles. The van der Waals surface area contributed by atoms with Crippen molar-refractivity contribution >= 4 is 42.2 Å². The van der Waals surface area contributed by atoms with Crippen LogP contribution in [-0.4, -0.2) is 43.5 Å². The average molecular weight is 473 g/mol. The van der Waals surface area contributed by atoms with Gasteiger partial charge < -0.3 is 21.0 Å². The van der Waals surface area contributed by atoms with E-state index in [1.165, 1.54) is 43.3 Å². The predicted molar refractivity (Wildman–Crippen MR) is 109 cm³/mol. The van der Waals surface area contributed by atoms with E-state index in [1.54, 1.807) is 6.92 Å². The van der Waals surface area contributed by atoms with Gasteiger partial charge in [-0.3, -0.25) is 14.6 Å². The van der Waals surface area contributed by atoms with Crippen LogP contribution in [0.2, 0.25) is 0 Å². The van der Waals surface area contributed by atoms with Crippen LogP contribution in [-0.2, 0) is 9.36 Å². The van der Waals surface area contributed by atoms with Crippen LogP contribution in [0.25, 0.3) is 11.0 Å². The van der Waals surface area contributed by atoms with Crippen LogP contribution in [0.5, 0.6) is 11.5 Å². The first-order valence-electron chi connectivity index (χ1n) is 8.31. The van der Waals surface area contributed by atoms with Gasteiger partial charge in [0.25, 0.3) is 0 Å². The molecule has 1 amide bonds. The fourth-order valence-corrected chi connectivity index (χ4v) is 3.63. The van der Waals surface area contributed by atoms with Gasteiger partial charge in [-0.1, -0.05) is 11.8 Å². The summed E-state index contributed by atoms with van der Waals surface area (Å²) in [4.78, 5) is 41.6. The number of ether oxygens (including phenoxy) is 1. The maximum Gasteiger partial charge on any atom is 1.00 e. The molecule has 158 valence electrons. The Balaban J connectivity index is 0.00000256. The number of carbonyl (C=O) groups excluding carboxylic acids is 1. The number of H-pyrrole nitrogens is 1. The van der Waals surface area contributed by atoms with Gasteiger partial charge in [-0.05, 0) is 19.1 Å². The molecule has 2 aromatic heterocycles. The standard InChI is InChI=1S/C17H16N5O6PS.Na.H/c1-9-11(6-18)19-7-12-16(9)22-17(21-12)30-8-15(23)20-10-3-4-13(14(5-10)27-2)28-29(24,25)26;;/h3-5,7H,8H2,1-2H3,(H,20,23)(H,21,22)(H2,24,25,26);;/q;+1;-1. The van der Waals surface area contributed by atoms with Gasteiger partial charge in [0.15, 0.2) is 16.7 Å². The van der Waals surface area contributed by atoms with Crippen LogP contribution in [0.15, 0.2) is 29.6 Å². The van der Waals surface area contributed by atoms with E-state index in [2.05, 4.69) is 24.8 Å². The molecule has 0 saturated heterocycles. The number of phosphoric ester groups is 1. The summed E-state index contributed by atoms with van der Waals surface area (Å²) in [6.07, 6.45) is 1.52. The Labute approximate surface area is 204 Å². The number of nitrogens with zero attached hydrogens (tertiary/aromatic N) is 3. The number of imidazole rings is 1. The van der Waals surface area contributed by atoms with Crippen LogP contribution in [0.4, 0.5) is 5.69 Å². The number of aromatic nitrogens is 3. The van der Waals surface area contributed by atoms with Crippen molar-refractivity contribution in [3.8, 4) is 17.6 Å². The molecule has 2 heterocycles. The van der Waals surface area contributed by atoms with Gasteiger partial charge in [-0.2, -0.15) is 5.26 Å². The molecule has 3 aromatic rings. The first-order valence-corrected chi connectivity index (χ1v) is 10.8. The fraction of sp³-hybridized carbons (Fsp3) is 0.176. The minimum atomic E-state index is -4.74. The molecule has 0 bridgehead atoms. The number of anilines is 1. The van der Waals surface area contributed by atoms with Gasteiger partial charge in [0, 0.05) is 17.3 Å². The molecule has 31 heavy (non-hydrogen) atoms. The average Bonchev–Trinajstić information content (AvgIpc) is 3.11. The zero-order valence-corrected chi connectivity index (χ0v) is 20.5. The third kappa shape index (κ3) is 6.44. The van der Waals surface area contributed by atoms with E-state index in [-0.39, 0.29) is 54.1 Å². The van der Waals surface area contributed by atoms with Crippen molar-refractivity contribution in [3.63, 3.8) is 0 Å². The number of carbonyl (C=O) groups is 1. The maximum atomic E-state index is 12.3. The quantitative estimate of drug-likeness (QED) is 0.199. The number of rotatable bonds is 7. The number of methoxy groups -OCH3 is 1. The monoisotopic (exact) mass is 473 g/mol. The molecule has 0 saturated carbocycles. The first-order chi connectivity index (χ1) is 14.2. The Morgan fingerprint density at radius 1 is 1.42 bits per heavy atom. The summed E-state index contributed by atoms with van der Waals surface area (Å²) in [5.41, 5.74) is 2.60. The van der Waals surface area contributed by atoms with Gasteiger partial charge >= 0.3 is 37.4 Å². The minimum Gasteiger partial charge on any atom is -1.00 e. The van der Waals surface area contributed by atoms with E-state index in [0.29, 0.717) is 33.1 Å². The summed E-state index contributed by atoms with van der Waals surface area (Å²) >= 11 is 1.17. The minimum absolute atomic E-state index is 0. The van der Waals surface area contributed by atoms with Crippen molar-refractivity contribution < 1.29 is 59.4 Å². The number of thioether (sulfide) groups is 1. The van der Waals surface area contributed by atoms with Crippen molar-refractivity contribution in [1.29, 1.82) is 5.26 Å². The topological polar surface area (TPSA) is 170 Å². The van der Waals surface area contributed by atoms with Crippen molar-refractivity contribution in [2.75, 3.05) is 18.2 Å². The van der Waals surface area contributed by atoms with E-state index < -0.39 is 7.82 Å². The molecule has 4 N–H and O–H groups in total. The van der Waals surface area contributed by atoms with E-state index in [1.807, 2.05) is 6.07 Å². The number of amides is 1. The summed E-state index contributed by atoms with van der Waals surface area (Å²) in [6.45, 7) is 1.75. The summed E-state index contributed by atoms with van der Waals surface area (Å²) in [7, 11) is -3.44. The first kappa shape index (κ1) is 25.2. The number of hydrogen-bond acceptors (Lipinski definition) is 8. The van der Waals surface area contributed by atoms with Crippen molar-refractivity contribution in [3.05, 3.63) is 35.7 Å². The summed E-state index contributed by atoms with van der Waals surface area (Å²) in [5.74, 6) is -0.391. The molecule has 0 atom stereocenters. The molecular weight excluding hydrogens is 456 g/mol. The van der Waals surface area contributed by atoms with Crippen molar-refractivity contribution in [2.24, 2.45) is 0 Å². The molecular formula is C17H17N5NaO6PS. The number of pyridine rings is 1. The van der Waals surface area contributed by atoms with Crippen LogP contribution in [0, 0.1) is 18.3 Å². The van der Waals surface area contributed by atoms with E-state index in [0.717, 1.165) is 0 Å². The van der Waals surface area contributed by atoms with Gasteiger partial charge in [0.1, 0.15) is 11.8 Å². The van der Waals surface area contributed by atoms with Gasteiger partial charge in [-0.25, -0.2) is 14.5 Å². The SMILES string of the molecule is COc1cc(NC(=O)CSc2nc3c(C)c(C#N)ncc3[nH]2)ccc1OP(=O)(O)O.[H-].[Na+]. The second kappa shape index (κ2) is 10.5. The molecule has 0 aliphatic rings. The fourth-order valence-electron chi connectivity index (χ4n) is 2.54. The number of fused-ring (bicyclic) bond motifs is 1. The number of aromatic amines is 1. The largest absolute Gasteiger partial charge is 1.00 e. The Morgan fingerprint density at radius 3 is 2.81 bits per heavy atom. The number of nitriles is 1. The Bertz CT molecular complexity index is 1210. The number of phosphoric acid groups is 1. The van der Waals surface area contributed by atoms with E-state index in [9.17, 15) is 9.36 Å². The summed E-state index contributed by atoms with van der Waals surface area (Å²) in [6, 6.07) is 6.09. The van der Waals surface area contributed by atoms with Gasteiger partial charge in [0.2, 0.25) is 5.91 Å². The number of hydrogen-bond donors (Lipinski definition) is 4. The molecule has 14 heteroatoms. The third-order valence-corrected chi connectivity index (χ3v) is 5.16. The Kier molecular flexibility index (Phi) is 8.50. The normalized spacial score (nSPS) is 10.8. The number of aryl methyl sites for hydroxylation is 1. The molecule has 0 aliphatic heterocycles. The zero-order valence-electron chi connectivity index (χ0n) is 17.7.